The first-order chi connectivity index (χ1) is 13.3. The molecule has 0 amide bonds. The van der Waals surface area contributed by atoms with E-state index < -0.39 is 0 Å². The van der Waals surface area contributed by atoms with Gasteiger partial charge in [0.15, 0.2) is 5.78 Å². The summed E-state index contributed by atoms with van der Waals surface area (Å²) >= 11 is 0. The van der Waals surface area contributed by atoms with E-state index >= 15 is 0 Å². The summed E-state index contributed by atoms with van der Waals surface area (Å²) in [5, 5.41) is 21.1. The number of nitrogens with one attached hydrogen (secondary N) is 2. The summed E-state index contributed by atoms with van der Waals surface area (Å²) in [6.45, 7) is 3.09. The molecule has 1 heterocycles. The zero-order chi connectivity index (χ0) is 18.8. The average Bonchev–Trinajstić information content (AvgIpc) is 3.07. The van der Waals surface area contributed by atoms with Crippen LogP contribution in [0.25, 0.3) is 22.2 Å². The monoisotopic (exact) mass is 401 g/mol. The number of nitrogens with zero attached hydrogens (tertiary/aromatic N) is 2. The molecule has 0 aliphatic heterocycles. The normalized spacial score (nSPS) is 12.0. The zero-order valence-electron chi connectivity index (χ0n) is 15.4. The molecule has 28 heavy (non-hydrogen) atoms. The summed E-state index contributed by atoms with van der Waals surface area (Å²) < 4.78 is 1.93. The van der Waals surface area contributed by atoms with E-state index in [0.717, 1.165) is 27.8 Å². The summed E-state index contributed by atoms with van der Waals surface area (Å²) in [7, 11) is 0. The fourth-order valence-corrected chi connectivity index (χ4v) is 3.63. The summed E-state index contributed by atoms with van der Waals surface area (Å²) in [6.07, 6.45) is 0. The third-order valence-corrected chi connectivity index (χ3v) is 4.82. The molecule has 0 spiro atoms. The van der Waals surface area contributed by atoms with Gasteiger partial charge in [-0.05, 0) is 12.1 Å². The minimum atomic E-state index is 0. The van der Waals surface area contributed by atoms with Gasteiger partial charge < -0.3 is 21.5 Å². The van der Waals surface area contributed by atoms with Crippen LogP contribution in [0.4, 0.5) is 5.69 Å². The number of aliphatic hydroxyl groups excluding tert-OH is 1. The molecule has 0 bridgehead atoms. The van der Waals surface area contributed by atoms with Crippen LogP contribution in [0.5, 0.6) is 0 Å². The minimum Gasteiger partial charge on any atom is -0.395 e. The van der Waals surface area contributed by atoms with Crippen molar-refractivity contribution in [2.24, 2.45) is 5.73 Å². The number of carbonyl (C=O) groups is 1. The molecular weight excluding hydrogens is 378 g/mol. The predicted molar refractivity (Wildman–Crippen MR) is 113 cm³/mol. The van der Waals surface area contributed by atoms with Gasteiger partial charge in [0.05, 0.1) is 24.2 Å². The molecule has 3 aromatic rings. The number of ketones is 1. The Labute approximate surface area is 169 Å². The second-order valence-corrected chi connectivity index (χ2v) is 6.52. The SMILES string of the molecule is Cl.NCCNc1ccc2c3c(nn2CCNCCO)-c2ccccc2C(=O)c13. The third kappa shape index (κ3) is 3.38. The van der Waals surface area contributed by atoms with Crippen molar-refractivity contribution in [1.29, 1.82) is 0 Å². The van der Waals surface area contributed by atoms with Gasteiger partial charge in [0.2, 0.25) is 0 Å². The van der Waals surface area contributed by atoms with Crippen LogP contribution < -0.4 is 16.4 Å². The second kappa shape index (κ2) is 8.70. The molecule has 0 unspecified atom stereocenters. The number of fused-ring (bicyclic) bond motifs is 2. The Bertz CT molecular complexity index is 1000. The number of halogens is 1. The Kier molecular flexibility index (Phi) is 6.31. The van der Waals surface area contributed by atoms with E-state index in [4.69, 9.17) is 15.9 Å². The van der Waals surface area contributed by atoms with E-state index in [9.17, 15) is 4.79 Å². The highest BCUT2D eigenvalue weighted by atomic mass is 35.5. The maximum Gasteiger partial charge on any atom is 0.196 e. The first kappa shape index (κ1) is 20.3. The van der Waals surface area contributed by atoms with Gasteiger partial charge >= 0.3 is 0 Å². The topological polar surface area (TPSA) is 105 Å². The lowest BCUT2D eigenvalue weighted by Gasteiger charge is -2.18. The lowest BCUT2D eigenvalue weighted by atomic mass is 9.86. The molecule has 148 valence electrons. The fraction of sp³-hybridized carbons (Fsp3) is 0.300. The number of aromatic nitrogens is 2. The van der Waals surface area contributed by atoms with Crippen molar-refractivity contribution in [3.05, 3.63) is 47.5 Å². The van der Waals surface area contributed by atoms with Gasteiger partial charge in [0.1, 0.15) is 5.69 Å². The van der Waals surface area contributed by atoms with Crippen LogP contribution in [0.2, 0.25) is 0 Å². The van der Waals surface area contributed by atoms with E-state index in [1.807, 2.05) is 41.1 Å². The molecule has 1 aromatic heterocycles. The molecule has 5 N–H and O–H groups in total. The van der Waals surface area contributed by atoms with Crippen LogP contribution >= 0.6 is 12.4 Å². The third-order valence-electron chi connectivity index (χ3n) is 4.82. The summed E-state index contributed by atoms with van der Waals surface area (Å²) in [5.41, 5.74) is 10.4. The van der Waals surface area contributed by atoms with Crippen molar-refractivity contribution >= 4 is 34.8 Å². The highest BCUT2D eigenvalue weighted by Crippen LogP contribution is 2.41. The largest absolute Gasteiger partial charge is 0.395 e. The van der Waals surface area contributed by atoms with Gasteiger partial charge in [0, 0.05) is 48.4 Å². The van der Waals surface area contributed by atoms with Gasteiger partial charge in [-0.15, -0.1) is 12.4 Å². The standard InChI is InChI=1S/C20H23N5O2.ClH/c21-7-8-23-15-5-6-16-18-17(15)20(27)14-4-2-1-3-13(14)19(18)24-25(16)11-9-22-10-12-26;/h1-6,22-23,26H,7-12,21H2;1H. The average molecular weight is 402 g/mol. The molecule has 7 nitrogen and oxygen atoms in total. The zero-order valence-corrected chi connectivity index (χ0v) is 16.3. The van der Waals surface area contributed by atoms with Crippen LogP contribution in [-0.2, 0) is 6.54 Å². The summed E-state index contributed by atoms with van der Waals surface area (Å²) in [4.78, 5) is 13.2. The maximum absolute atomic E-state index is 13.2. The Balaban J connectivity index is 0.00000225. The quantitative estimate of drug-likeness (QED) is 0.334. The smallest absolute Gasteiger partial charge is 0.196 e. The van der Waals surface area contributed by atoms with Crippen LogP contribution in [0, 0.1) is 0 Å². The first-order valence-corrected chi connectivity index (χ1v) is 9.19. The van der Waals surface area contributed by atoms with Crippen LogP contribution in [0.1, 0.15) is 15.9 Å². The molecule has 1 aliphatic rings. The number of carbonyl (C=O) groups excluding carboxylic acids is 1. The van der Waals surface area contributed by atoms with Crippen LogP contribution in [0.15, 0.2) is 36.4 Å². The van der Waals surface area contributed by atoms with E-state index in [-0.39, 0.29) is 24.8 Å². The highest BCUT2D eigenvalue weighted by Gasteiger charge is 2.30. The lowest BCUT2D eigenvalue weighted by molar-refractivity contribution is 0.104. The van der Waals surface area contributed by atoms with Crippen molar-refractivity contribution < 1.29 is 9.90 Å². The molecule has 2 aromatic carbocycles. The Morgan fingerprint density at radius 1 is 1.07 bits per heavy atom. The van der Waals surface area contributed by atoms with Gasteiger partial charge in [-0.3, -0.25) is 9.48 Å². The van der Waals surface area contributed by atoms with E-state index in [1.54, 1.807) is 0 Å². The Hall–Kier alpha value is -2.45. The van der Waals surface area contributed by atoms with Crippen molar-refractivity contribution in [2.75, 3.05) is 38.1 Å². The molecular formula is C20H24ClN5O2. The Morgan fingerprint density at radius 2 is 1.86 bits per heavy atom. The van der Waals surface area contributed by atoms with Gasteiger partial charge in [0.25, 0.3) is 0 Å². The molecule has 4 rings (SSSR count). The molecule has 1 aliphatic carbocycles. The van der Waals surface area contributed by atoms with Crippen molar-refractivity contribution in [3.63, 3.8) is 0 Å². The van der Waals surface area contributed by atoms with Crippen molar-refractivity contribution in [3.8, 4) is 11.3 Å². The molecule has 0 saturated carbocycles. The summed E-state index contributed by atoms with van der Waals surface area (Å²) in [5.74, 6) is 0.0150. The van der Waals surface area contributed by atoms with Gasteiger partial charge in [-0.25, -0.2) is 0 Å². The van der Waals surface area contributed by atoms with Crippen molar-refractivity contribution in [2.45, 2.75) is 6.54 Å². The molecule has 0 atom stereocenters. The number of rotatable bonds is 8. The van der Waals surface area contributed by atoms with Gasteiger partial charge in [-0.1, -0.05) is 24.3 Å². The first-order valence-electron chi connectivity index (χ1n) is 9.19. The summed E-state index contributed by atoms with van der Waals surface area (Å²) in [6, 6.07) is 11.6. The molecule has 0 saturated heterocycles. The van der Waals surface area contributed by atoms with Gasteiger partial charge in [-0.2, -0.15) is 5.10 Å². The second-order valence-electron chi connectivity index (χ2n) is 6.52. The fourth-order valence-electron chi connectivity index (χ4n) is 3.63. The number of nitrogens with two attached hydrogens (primary N) is 1. The van der Waals surface area contributed by atoms with E-state index in [0.29, 0.717) is 43.9 Å². The number of hydrogen-bond acceptors (Lipinski definition) is 6. The van der Waals surface area contributed by atoms with Crippen LogP contribution in [0.3, 0.4) is 0 Å². The molecule has 0 radical (unpaired) electrons. The maximum atomic E-state index is 13.2. The Morgan fingerprint density at radius 3 is 2.61 bits per heavy atom. The number of aliphatic hydroxyl groups is 1. The number of anilines is 1. The highest BCUT2D eigenvalue weighted by molar-refractivity contribution is 6.27. The minimum absolute atomic E-state index is 0. The van der Waals surface area contributed by atoms with E-state index in [2.05, 4.69) is 10.6 Å². The predicted octanol–water partition coefficient (Wildman–Crippen LogP) is 1.62. The number of hydrogen-bond donors (Lipinski definition) is 4. The molecule has 0 fully saturated rings. The van der Waals surface area contributed by atoms with E-state index in [1.165, 1.54) is 0 Å². The van der Waals surface area contributed by atoms with Crippen LogP contribution in [-0.4, -0.2) is 53.5 Å². The number of benzene rings is 2. The van der Waals surface area contributed by atoms with Crippen molar-refractivity contribution in [1.82, 2.24) is 15.1 Å². The lowest BCUT2D eigenvalue weighted by Crippen LogP contribution is -2.23. The molecule has 8 heteroatoms.